The molecule has 5 aliphatic rings. The Morgan fingerprint density at radius 3 is 2.33 bits per heavy atom. The Hall–Kier alpha value is -5.11. The molecule has 2 amide bonds. The minimum atomic E-state index is -3.45. The summed E-state index contributed by atoms with van der Waals surface area (Å²) in [5.41, 5.74) is 5.41. The first kappa shape index (κ1) is 44.1. The fourth-order valence-electron chi connectivity index (χ4n) is 10.0. The molecule has 3 aromatic carbocycles. The molecular formula is C45H53BrF2N10O5S. The monoisotopic (exact) mass is 962 g/mol. The van der Waals surface area contributed by atoms with Gasteiger partial charge < -0.3 is 30.1 Å². The molecule has 3 N–H and O–H groups in total. The van der Waals surface area contributed by atoms with Crippen LogP contribution >= 0.6 is 15.9 Å². The molecule has 4 saturated heterocycles. The predicted octanol–water partition coefficient (Wildman–Crippen LogP) is 5.89. The summed E-state index contributed by atoms with van der Waals surface area (Å²) >= 11 is 3.56. The highest BCUT2D eigenvalue weighted by atomic mass is 79.9. The fraction of sp³-hybridized carbons (Fsp3) is 0.467. The van der Waals surface area contributed by atoms with E-state index in [1.807, 2.05) is 23.1 Å². The zero-order valence-corrected chi connectivity index (χ0v) is 38.6. The number of halogens is 3. The van der Waals surface area contributed by atoms with Crippen molar-refractivity contribution in [3.05, 3.63) is 81.5 Å². The molecule has 340 valence electrons. The topological polar surface area (TPSA) is 156 Å². The molecule has 0 radical (unpaired) electrons. The van der Waals surface area contributed by atoms with E-state index in [-0.39, 0.29) is 18.4 Å². The van der Waals surface area contributed by atoms with Crippen molar-refractivity contribution in [3.63, 3.8) is 0 Å². The molecule has 0 saturated carbocycles. The van der Waals surface area contributed by atoms with Crippen LogP contribution in [0.5, 0.6) is 5.75 Å². The third kappa shape index (κ3) is 9.08. The lowest BCUT2D eigenvalue weighted by Gasteiger charge is -2.46. The summed E-state index contributed by atoms with van der Waals surface area (Å²) in [4.78, 5) is 42.6. The number of aryl methyl sites for hydroxylation is 1. The molecule has 15 nitrogen and oxygen atoms in total. The number of para-hydroxylation sites is 1. The number of hydrogen-bond acceptors (Lipinski definition) is 13. The maximum absolute atomic E-state index is 15.1. The van der Waals surface area contributed by atoms with Crippen LogP contribution in [0.2, 0.25) is 0 Å². The number of nitrogens with one attached hydrogen (secondary N) is 3. The van der Waals surface area contributed by atoms with Crippen molar-refractivity contribution in [2.24, 2.45) is 5.92 Å². The average Bonchev–Trinajstić information content (AvgIpc) is 3.71. The smallest absolute Gasteiger partial charge is 0.234 e. The molecule has 4 fully saturated rings. The van der Waals surface area contributed by atoms with Crippen molar-refractivity contribution >= 4 is 78.0 Å². The number of aromatic nitrogens is 2. The largest absolute Gasteiger partial charge is 0.494 e. The molecule has 0 bridgehead atoms. The Kier molecular flexibility index (Phi) is 12.4. The summed E-state index contributed by atoms with van der Waals surface area (Å²) < 4.78 is 63.3. The molecule has 5 aliphatic heterocycles. The van der Waals surface area contributed by atoms with E-state index in [1.54, 1.807) is 13.3 Å². The number of fused-ring (bicyclic) bond motifs is 1. The van der Waals surface area contributed by atoms with Crippen molar-refractivity contribution in [2.75, 3.05) is 104 Å². The maximum atomic E-state index is 15.1. The highest BCUT2D eigenvalue weighted by Crippen LogP contribution is 2.41. The summed E-state index contributed by atoms with van der Waals surface area (Å²) in [6, 6.07) is 13.0. The minimum Gasteiger partial charge on any atom is -0.494 e. The van der Waals surface area contributed by atoms with Gasteiger partial charge in [-0.05, 0) is 83.9 Å². The second kappa shape index (κ2) is 18.0. The predicted molar refractivity (Wildman–Crippen MR) is 247 cm³/mol. The first-order valence-electron chi connectivity index (χ1n) is 21.9. The van der Waals surface area contributed by atoms with Gasteiger partial charge in [0, 0.05) is 113 Å². The number of carbonyl (C=O) groups excluding carboxylic acids is 2. The summed E-state index contributed by atoms with van der Waals surface area (Å²) in [5.74, 6) is -1.64. The van der Waals surface area contributed by atoms with E-state index < -0.39 is 39.4 Å². The van der Waals surface area contributed by atoms with Gasteiger partial charge in [-0.25, -0.2) is 22.2 Å². The normalized spacial score (nSPS) is 20.3. The van der Waals surface area contributed by atoms with E-state index in [9.17, 15) is 18.0 Å². The van der Waals surface area contributed by atoms with E-state index in [4.69, 9.17) is 9.72 Å². The summed E-state index contributed by atoms with van der Waals surface area (Å²) in [5, 5.41) is 8.86. The average molecular weight is 964 g/mol. The van der Waals surface area contributed by atoms with Gasteiger partial charge >= 0.3 is 0 Å². The Labute approximate surface area is 380 Å². The third-order valence-electron chi connectivity index (χ3n) is 13.3. The molecule has 0 aliphatic carbocycles. The van der Waals surface area contributed by atoms with Gasteiger partial charge in [-0.15, -0.1) is 0 Å². The van der Waals surface area contributed by atoms with Crippen molar-refractivity contribution in [1.82, 2.24) is 25.1 Å². The summed E-state index contributed by atoms with van der Waals surface area (Å²) in [7, 11) is -1.80. The SMILES string of the molecule is COc1cc(N2CCC(N3CCN(CC4CN(c5cc(F)c(C6CCC(=O)NC6=O)c(F)c5)C4)CC3)CC2)c(C)cc1Nc1ncc(Br)c(Nc2cccc3c2N(S(C)(=O)=O)CC3)n1. The van der Waals surface area contributed by atoms with Gasteiger partial charge in [-0.1, -0.05) is 12.1 Å². The van der Waals surface area contributed by atoms with Gasteiger partial charge in [0.2, 0.25) is 27.8 Å². The lowest BCUT2D eigenvalue weighted by molar-refractivity contribution is -0.134. The summed E-state index contributed by atoms with van der Waals surface area (Å²) in [6.07, 6.45) is 5.79. The number of piperazine rings is 1. The highest BCUT2D eigenvalue weighted by Gasteiger charge is 2.36. The van der Waals surface area contributed by atoms with E-state index in [2.05, 4.69) is 70.6 Å². The number of sulfonamides is 1. The number of piperidine rings is 2. The number of hydrogen-bond donors (Lipinski definition) is 3. The zero-order chi connectivity index (χ0) is 44.9. The highest BCUT2D eigenvalue weighted by molar-refractivity contribution is 9.10. The van der Waals surface area contributed by atoms with Crippen LogP contribution in [0.3, 0.4) is 0 Å². The second-order valence-electron chi connectivity index (χ2n) is 17.5. The fourth-order valence-corrected chi connectivity index (χ4v) is 11.3. The number of nitrogens with zero attached hydrogens (tertiary/aromatic N) is 7. The molecule has 4 aromatic rings. The Bertz CT molecular complexity index is 2540. The van der Waals surface area contributed by atoms with E-state index in [0.717, 1.165) is 94.2 Å². The minimum absolute atomic E-state index is 0.0633. The number of carbonyl (C=O) groups is 2. The van der Waals surface area contributed by atoms with Gasteiger partial charge in [0.1, 0.15) is 23.2 Å². The van der Waals surface area contributed by atoms with Crippen LogP contribution in [0.15, 0.2) is 53.1 Å². The van der Waals surface area contributed by atoms with Crippen LogP contribution in [0.1, 0.15) is 48.3 Å². The van der Waals surface area contributed by atoms with E-state index in [1.165, 1.54) is 22.7 Å². The van der Waals surface area contributed by atoms with Crippen LogP contribution in [-0.4, -0.2) is 125 Å². The van der Waals surface area contributed by atoms with Crippen LogP contribution < -0.4 is 34.8 Å². The molecule has 6 heterocycles. The second-order valence-corrected chi connectivity index (χ2v) is 20.3. The van der Waals surface area contributed by atoms with Crippen molar-refractivity contribution in [2.45, 2.75) is 51.0 Å². The van der Waals surface area contributed by atoms with Crippen LogP contribution in [0.4, 0.5) is 49.0 Å². The number of imide groups is 1. The number of anilines is 7. The molecule has 64 heavy (non-hydrogen) atoms. The number of rotatable bonds is 12. The molecule has 1 unspecified atom stereocenters. The first-order chi connectivity index (χ1) is 30.7. The van der Waals surface area contributed by atoms with Gasteiger partial charge in [0.05, 0.1) is 40.8 Å². The van der Waals surface area contributed by atoms with Crippen molar-refractivity contribution in [1.29, 1.82) is 0 Å². The lowest BCUT2D eigenvalue weighted by Crippen LogP contribution is -2.57. The van der Waals surface area contributed by atoms with Gasteiger partial charge in [-0.3, -0.25) is 24.1 Å². The van der Waals surface area contributed by atoms with Crippen molar-refractivity contribution < 1.29 is 31.5 Å². The molecule has 1 atom stereocenters. The third-order valence-corrected chi connectivity index (χ3v) is 15.1. The molecule has 9 rings (SSSR count). The Morgan fingerprint density at radius 1 is 0.906 bits per heavy atom. The van der Waals surface area contributed by atoms with Crippen molar-refractivity contribution in [3.8, 4) is 5.75 Å². The number of methoxy groups -OCH3 is 1. The quantitative estimate of drug-likeness (QED) is 0.145. The van der Waals surface area contributed by atoms with Gasteiger partial charge in [0.15, 0.2) is 0 Å². The van der Waals surface area contributed by atoms with E-state index >= 15 is 8.78 Å². The van der Waals surface area contributed by atoms with Gasteiger partial charge in [0.25, 0.3) is 0 Å². The number of ether oxygens (including phenoxy) is 1. The molecular weight excluding hydrogens is 911 g/mol. The Balaban J connectivity index is 0.755. The summed E-state index contributed by atoms with van der Waals surface area (Å²) in [6.45, 7) is 10.7. The number of benzene rings is 3. The lowest BCUT2D eigenvalue weighted by atomic mass is 9.89. The van der Waals surface area contributed by atoms with Gasteiger partial charge in [-0.2, -0.15) is 4.98 Å². The van der Waals surface area contributed by atoms with E-state index in [0.29, 0.717) is 64.0 Å². The Morgan fingerprint density at radius 2 is 1.64 bits per heavy atom. The molecule has 19 heteroatoms. The molecule has 1 aromatic heterocycles. The van der Waals surface area contributed by atoms with Crippen LogP contribution in [-0.2, 0) is 26.0 Å². The first-order valence-corrected chi connectivity index (χ1v) is 24.5. The molecule has 0 spiro atoms. The maximum Gasteiger partial charge on any atom is 0.234 e. The van der Waals surface area contributed by atoms with Crippen LogP contribution in [0, 0.1) is 24.5 Å². The zero-order valence-electron chi connectivity index (χ0n) is 36.2. The number of amides is 2. The van der Waals surface area contributed by atoms with Crippen LogP contribution in [0.25, 0.3) is 0 Å². The standard InChI is InChI=1S/C45H53BrF2N10O5S/c1-27-19-37(51-45-49-23-33(46)43(53-45)50-36-6-4-5-29-9-14-58(42(29)36)64(3,61)62)39(63-2)22-38(27)56-12-10-30(11-13-56)55-17-15-54(16-18-55)24-28-25-57(26-28)31-20-34(47)41(35(48)21-31)32-7-8-40(59)52-44(32)60/h4-6,19-23,28,30,32H,7-18,24-26H2,1-3H3,(H,52,59,60)(H2,49,50,51,53).